The quantitative estimate of drug-likeness (QED) is 0.181. The maximum Gasteiger partial charge on any atom is 0.335 e. The summed E-state index contributed by atoms with van der Waals surface area (Å²) in [6.07, 6.45) is 0. The molecule has 180 valence electrons. The summed E-state index contributed by atoms with van der Waals surface area (Å²) in [5.41, 5.74) is 0.486. The molecule has 1 aromatic heterocycles. The first kappa shape index (κ1) is 24.5. The second-order valence-electron chi connectivity index (χ2n) is 7.77. The number of hydrogen-bond acceptors (Lipinski definition) is 5. The van der Waals surface area contributed by atoms with E-state index in [1.165, 1.54) is 22.8 Å². The Morgan fingerprint density at radius 3 is 2.06 bits per heavy atom. The van der Waals surface area contributed by atoms with Gasteiger partial charge in [0, 0.05) is 11.8 Å². The fourth-order valence-corrected chi connectivity index (χ4v) is 6.03. The molecule has 10 heteroatoms. The van der Waals surface area contributed by atoms with Gasteiger partial charge in [0.25, 0.3) is 5.56 Å². The highest BCUT2D eigenvalue weighted by Gasteiger charge is 2.44. The lowest BCUT2D eigenvalue weighted by atomic mass is 10.0. The van der Waals surface area contributed by atoms with Crippen LogP contribution in [-0.2, 0) is 15.6 Å². The second kappa shape index (κ2) is 9.67. The van der Waals surface area contributed by atoms with E-state index in [0.717, 1.165) is 0 Å². The highest BCUT2D eigenvalue weighted by Crippen LogP contribution is 2.36. The van der Waals surface area contributed by atoms with Crippen molar-refractivity contribution in [2.24, 2.45) is 0 Å². The number of halogens is 3. The van der Waals surface area contributed by atoms with Gasteiger partial charge in [-0.25, -0.2) is 4.79 Å². The minimum absolute atomic E-state index is 0.0420. The molecule has 36 heavy (non-hydrogen) atoms. The average Bonchev–Trinajstić information content (AvgIpc) is 2.86. The third-order valence-corrected chi connectivity index (χ3v) is 8.32. The van der Waals surface area contributed by atoms with Crippen LogP contribution in [0.2, 0.25) is 15.1 Å². The molecule has 1 aliphatic rings. The summed E-state index contributed by atoms with van der Waals surface area (Å²) in [6, 6.07) is 21.7. The second-order valence-corrected chi connectivity index (χ2v) is 10.5. The minimum atomic E-state index is -2.32. The molecule has 0 saturated heterocycles. The lowest BCUT2D eigenvalue weighted by Crippen LogP contribution is -2.45. The Kier molecular flexibility index (Phi) is 6.57. The molecule has 4 aromatic rings. The zero-order chi connectivity index (χ0) is 25.6. The largest absolute Gasteiger partial charge is 0.424 e. The van der Waals surface area contributed by atoms with Crippen molar-refractivity contribution in [3.05, 3.63) is 110 Å². The highest BCUT2D eigenvalue weighted by molar-refractivity contribution is 7.87. The number of hydrogen-bond donors (Lipinski definition) is 0. The van der Waals surface area contributed by atoms with Crippen LogP contribution in [0.3, 0.4) is 0 Å². The van der Waals surface area contributed by atoms with Gasteiger partial charge in [0.05, 0.1) is 36.5 Å². The van der Waals surface area contributed by atoms with E-state index < -0.39 is 33.4 Å². The Morgan fingerprint density at radius 2 is 1.39 bits per heavy atom. The van der Waals surface area contributed by atoms with Gasteiger partial charge in [-0.1, -0.05) is 83.3 Å². The van der Waals surface area contributed by atoms with Crippen LogP contribution in [0.1, 0.15) is 10.4 Å². The summed E-state index contributed by atoms with van der Waals surface area (Å²) in [6.45, 7) is 0. The number of pyridine rings is 1. The van der Waals surface area contributed by atoms with Crippen molar-refractivity contribution in [2.45, 2.75) is 10.1 Å². The summed E-state index contributed by atoms with van der Waals surface area (Å²) >= 11 is 18.1. The van der Waals surface area contributed by atoms with E-state index in [4.69, 9.17) is 39.5 Å². The summed E-state index contributed by atoms with van der Waals surface area (Å²) < 4.78 is 20.1. The topological polar surface area (TPSA) is 82.4 Å². The predicted molar refractivity (Wildman–Crippen MR) is 139 cm³/mol. The van der Waals surface area contributed by atoms with Crippen LogP contribution in [0, 0.1) is 0 Å². The van der Waals surface area contributed by atoms with Crippen LogP contribution >= 0.6 is 34.8 Å². The molecule has 0 aliphatic carbocycles. The smallest absolute Gasteiger partial charge is 0.335 e. The first-order chi connectivity index (χ1) is 17.3. The zero-order valence-corrected chi connectivity index (χ0v) is 21.2. The molecule has 6 nitrogen and oxygen atoms in total. The number of esters is 1. The number of carbonyl (C=O) groups excluding carboxylic acids is 2. The van der Waals surface area contributed by atoms with Gasteiger partial charge >= 0.3 is 5.97 Å². The van der Waals surface area contributed by atoms with E-state index in [2.05, 4.69) is 0 Å². The molecular weight excluding hydrogens is 545 g/mol. The predicted octanol–water partition coefficient (Wildman–Crippen LogP) is 5.74. The van der Waals surface area contributed by atoms with Gasteiger partial charge in [-0.15, -0.1) is 0 Å². The first-order valence-electron chi connectivity index (χ1n) is 10.5. The van der Waals surface area contributed by atoms with Crippen LogP contribution < -0.4 is 10.3 Å². The molecule has 2 atom stereocenters. The number of rotatable bonds is 4. The fourth-order valence-electron chi connectivity index (χ4n) is 3.92. The molecule has 0 saturated carbocycles. The Balaban J connectivity index is 1.70. The molecule has 3 aromatic carbocycles. The standard InChI is InChI=1S/C26H14Cl3NO5S/c27-16-11-18(29)21(12-17(16)28)36(34)24-23(31)22-20(35-26(24)33)13-19(14-7-3-1-4-8-14)30(25(22)32)15-9-5-2-6-10-15/h1-13,24H. The van der Waals surface area contributed by atoms with Gasteiger partial charge in [-0.05, 0) is 29.8 Å². The van der Waals surface area contributed by atoms with Gasteiger partial charge in [0.1, 0.15) is 11.3 Å². The van der Waals surface area contributed by atoms with Crippen molar-refractivity contribution < 1.29 is 18.5 Å². The maximum atomic E-state index is 13.8. The van der Waals surface area contributed by atoms with Crippen LogP contribution in [0.15, 0.2) is 88.6 Å². The summed E-state index contributed by atoms with van der Waals surface area (Å²) in [4.78, 5) is 40.2. The Morgan fingerprint density at radius 1 is 0.778 bits per heavy atom. The Hall–Kier alpha value is -3.23. The number of fused-ring (bicyclic) bond motifs is 1. The SMILES string of the molecule is O=C1Oc2cc(-c3ccccc3)n(-c3ccccc3)c(=O)c2C(=O)C1S(=O)c1cc(Cl)c(Cl)cc1Cl. The number of nitrogens with zero attached hydrogens (tertiary/aromatic N) is 1. The van der Waals surface area contributed by atoms with Crippen molar-refractivity contribution in [2.75, 3.05) is 0 Å². The molecule has 0 fully saturated rings. The molecule has 2 unspecified atom stereocenters. The van der Waals surface area contributed by atoms with Crippen molar-refractivity contribution in [3.8, 4) is 22.7 Å². The van der Waals surface area contributed by atoms with E-state index >= 15 is 0 Å². The summed E-state index contributed by atoms with van der Waals surface area (Å²) in [5, 5.41) is -1.70. The van der Waals surface area contributed by atoms with Crippen LogP contribution in [0.5, 0.6) is 5.75 Å². The van der Waals surface area contributed by atoms with Crippen LogP contribution in [0.25, 0.3) is 16.9 Å². The van der Waals surface area contributed by atoms with Gasteiger partial charge in [-0.3, -0.25) is 18.4 Å². The lowest BCUT2D eigenvalue weighted by molar-refractivity contribution is -0.133. The van der Waals surface area contributed by atoms with Crippen molar-refractivity contribution in [3.63, 3.8) is 0 Å². The molecule has 0 N–H and O–H groups in total. The number of Topliss-reactive ketones (excluding diaryl/α,β-unsaturated/α-hetero) is 1. The van der Waals surface area contributed by atoms with E-state index in [0.29, 0.717) is 16.9 Å². The number of para-hydroxylation sites is 1. The Labute approximate surface area is 222 Å². The van der Waals surface area contributed by atoms with E-state index in [-0.39, 0.29) is 31.3 Å². The number of ether oxygens (including phenoxy) is 1. The van der Waals surface area contributed by atoms with Crippen molar-refractivity contribution >= 4 is 57.4 Å². The maximum absolute atomic E-state index is 13.8. The molecule has 0 radical (unpaired) electrons. The molecule has 0 amide bonds. The lowest BCUT2D eigenvalue weighted by Gasteiger charge is -2.24. The van der Waals surface area contributed by atoms with E-state index in [1.807, 2.05) is 6.07 Å². The van der Waals surface area contributed by atoms with Gasteiger partial charge in [-0.2, -0.15) is 0 Å². The normalized spacial score (nSPS) is 15.8. The van der Waals surface area contributed by atoms with Crippen LogP contribution in [-0.4, -0.2) is 25.8 Å². The molecule has 2 heterocycles. The summed E-state index contributed by atoms with van der Waals surface area (Å²) in [7, 11) is -2.32. The van der Waals surface area contributed by atoms with Crippen LogP contribution in [0.4, 0.5) is 0 Å². The number of aromatic nitrogens is 1. The van der Waals surface area contributed by atoms with Crippen molar-refractivity contribution in [1.29, 1.82) is 0 Å². The molecule has 0 bridgehead atoms. The monoisotopic (exact) mass is 557 g/mol. The number of benzene rings is 3. The van der Waals surface area contributed by atoms with Gasteiger partial charge in [0.15, 0.2) is 5.78 Å². The van der Waals surface area contributed by atoms with E-state index in [1.54, 1.807) is 54.6 Å². The minimum Gasteiger partial charge on any atom is -0.424 e. The van der Waals surface area contributed by atoms with Gasteiger partial charge in [0.2, 0.25) is 5.25 Å². The fraction of sp³-hybridized carbons (Fsp3) is 0.0385. The van der Waals surface area contributed by atoms with Crippen molar-refractivity contribution in [1.82, 2.24) is 4.57 Å². The molecule has 5 rings (SSSR count). The average molecular weight is 559 g/mol. The molecule has 0 spiro atoms. The molecular formula is C26H14Cl3NO5S. The highest BCUT2D eigenvalue weighted by atomic mass is 35.5. The number of carbonyl (C=O) groups is 2. The first-order valence-corrected chi connectivity index (χ1v) is 12.8. The van der Waals surface area contributed by atoms with E-state index in [9.17, 15) is 18.6 Å². The zero-order valence-electron chi connectivity index (χ0n) is 18.1. The third kappa shape index (κ3) is 4.18. The third-order valence-electron chi connectivity index (χ3n) is 5.57. The Bertz CT molecular complexity index is 1620. The molecule has 1 aliphatic heterocycles. The summed E-state index contributed by atoms with van der Waals surface area (Å²) in [5.74, 6) is -2.20. The number of ketones is 1. The van der Waals surface area contributed by atoms with Gasteiger partial charge < -0.3 is 4.74 Å².